The first kappa shape index (κ1) is 16.2. The summed E-state index contributed by atoms with van der Waals surface area (Å²) in [4.78, 5) is 0. The van der Waals surface area contributed by atoms with Crippen LogP contribution in [0.25, 0.3) is 11.8 Å². The summed E-state index contributed by atoms with van der Waals surface area (Å²) in [5.74, 6) is -0.773. The van der Waals surface area contributed by atoms with Crippen molar-refractivity contribution >= 4 is 6.08 Å². The van der Waals surface area contributed by atoms with Crippen molar-refractivity contribution in [1.82, 2.24) is 9.78 Å². The number of hydrogen-bond acceptors (Lipinski definition) is 3. The van der Waals surface area contributed by atoms with Gasteiger partial charge in [-0.1, -0.05) is 12.5 Å². The van der Waals surface area contributed by atoms with Crippen LogP contribution < -0.4 is 0 Å². The third-order valence-corrected chi connectivity index (χ3v) is 6.50. The van der Waals surface area contributed by atoms with E-state index in [1.54, 1.807) is 12.1 Å². The van der Waals surface area contributed by atoms with Gasteiger partial charge in [-0.2, -0.15) is 5.10 Å². The Bertz CT molecular complexity index is 891. The molecule has 1 saturated heterocycles. The molecule has 0 N–H and O–H groups in total. The summed E-state index contributed by atoms with van der Waals surface area (Å²) in [6.45, 7) is 6.44. The van der Waals surface area contributed by atoms with Crippen LogP contribution in [0.5, 0.6) is 0 Å². The van der Waals surface area contributed by atoms with Crippen molar-refractivity contribution in [3.63, 3.8) is 0 Å². The lowest BCUT2D eigenvalue weighted by atomic mass is 9.72. The summed E-state index contributed by atoms with van der Waals surface area (Å²) in [5, 5.41) is 4.57. The minimum atomic E-state index is -0.534. The van der Waals surface area contributed by atoms with Gasteiger partial charge in [0.1, 0.15) is 5.82 Å². The molecule has 2 aliphatic carbocycles. The Hall–Kier alpha value is -1.98. The Morgan fingerprint density at radius 3 is 2.54 bits per heavy atom. The molecule has 0 bridgehead atoms. The van der Waals surface area contributed by atoms with Crippen molar-refractivity contribution in [2.45, 2.75) is 58.0 Å². The number of ether oxygens (including phenoxy) is 2. The second kappa shape index (κ2) is 5.27. The molecule has 26 heavy (non-hydrogen) atoms. The van der Waals surface area contributed by atoms with Crippen molar-refractivity contribution in [2.24, 2.45) is 5.41 Å². The van der Waals surface area contributed by atoms with Gasteiger partial charge in [0.05, 0.1) is 29.8 Å². The standard InChI is InChI=1S/C21H23FN2O2/c1-13-14(2)26-21(25-13)9-8-16-10-19-15(11-20(16,21)3)12-23-24(19)18-6-4-17(22)5-7-18/h4-7,10,12-14H,8-9,11H2,1-3H3/t13-,14-,20-/m0/s1. The zero-order valence-corrected chi connectivity index (χ0v) is 15.3. The van der Waals surface area contributed by atoms with E-state index in [-0.39, 0.29) is 23.4 Å². The average molecular weight is 354 g/mol. The van der Waals surface area contributed by atoms with Crippen molar-refractivity contribution in [1.29, 1.82) is 0 Å². The monoisotopic (exact) mass is 354 g/mol. The zero-order valence-electron chi connectivity index (χ0n) is 15.3. The zero-order chi connectivity index (χ0) is 18.1. The highest BCUT2D eigenvalue weighted by Gasteiger charge is 2.62. The molecular weight excluding hydrogens is 331 g/mol. The molecule has 2 heterocycles. The van der Waals surface area contributed by atoms with Crippen LogP contribution in [0, 0.1) is 11.2 Å². The van der Waals surface area contributed by atoms with Crippen LogP contribution in [-0.2, 0) is 15.9 Å². The van der Waals surface area contributed by atoms with Crippen LogP contribution in [-0.4, -0.2) is 27.8 Å². The van der Waals surface area contributed by atoms with Gasteiger partial charge in [-0.15, -0.1) is 0 Å². The largest absolute Gasteiger partial charge is 0.343 e. The van der Waals surface area contributed by atoms with Crippen LogP contribution >= 0.6 is 0 Å². The van der Waals surface area contributed by atoms with Gasteiger partial charge in [-0.25, -0.2) is 9.07 Å². The fourth-order valence-electron chi connectivity index (χ4n) is 4.79. The summed E-state index contributed by atoms with van der Waals surface area (Å²) < 4.78 is 27.9. The first-order valence-corrected chi connectivity index (χ1v) is 9.31. The van der Waals surface area contributed by atoms with Crippen LogP contribution in [0.1, 0.15) is 44.9 Å². The number of halogens is 1. The lowest BCUT2D eigenvalue weighted by molar-refractivity contribution is -0.222. The van der Waals surface area contributed by atoms with Gasteiger partial charge in [0.2, 0.25) is 0 Å². The van der Waals surface area contributed by atoms with E-state index in [2.05, 4.69) is 31.9 Å². The molecule has 136 valence electrons. The second-order valence-corrected chi connectivity index (χ2v) is 8.02. The van der Waals surface area contributed by atoms with E-state index in [4.69, 9.17) is 9.47 Å². The van der Waals surface area contributed by atoms with E-state index in [9.17, 15) is 4.39 Å². The Morgan fingerprint density at radius 1 is 1.15 bits per heavy atom. The molecule has 4 nitrogen and oxygen atoms in total. The van der Waals surface area contributed by atoms with Gasteiger partial charge in [0.15, 0.2) is 5.79 Å². The van der Waals surface area contributed by atoms with Crippen LogP contribution in [0.2, 0.25) is 0 Å². The summed E-state index contributed by atoms with van der Waals surface area (Å²) in [6.07, 6.45) is 7.07. The minimum absolute atomic E-state index is 0.106. The average Bonchev–Trinajstić information content (AvgIpc) is 3.22. The molecule has 5 heteroatoms. The van der Waals surface area contributed by atoms with E-state index in [1.165, 1.54) is 23.3 Å². The molecule has 5 rings (SSSR count). The second-order valence-electron chi connectivity index (χ2n) is 8.02. The SMILES string of the molecule is C[C@@H]1OC2(CCC3=Cc4c(cnn4-c4ccc(F)cc4)C[C@@]32C)O[C@H]1C. The summed E-state index contributed by atoms with van der Waals surface area (Å²) in [6, 6.07) is 6.46. The highest BCUT2D eigenvalue weighted by atomic mass is 19.1. The number of aromatic nitrogens is 2. The minimum Gasteiger partial charge on any atom is -0.343 e. The van der Waals surface area contributed by atoms with Gasteiger partial charge in [0.25, 0.3) is 0 Å². The summed E-state index contributed by atoms with van der Waals surface area (Å²) in [5.41, 5.74) is 4.32. The molecular formula is C21H23FN2O2. The van der Waals surface area contributed by atoms with Gasteiger partial charge < -0.3 is 9.47 Å². The van der Waals surface area contributed by atoms with Crippen molar-refractivity contribution < 1.29 is 13.9 Å². The molecule has 1 aromatic heterocycles. The van der Waals surface area contributed by atoms with E-state index in [0.717, 1.165) is 30.6 Å². The summed E-state index contributed by atoms with van der Waals surface area (Å²) >= 11 is 0. The van der Waals surface area contributed by atoms with E-state index in [0.29, 0.717) is 0 Å². The maximum atomic E-state index is 13.3. The predicted molar refractivity (Wildman–Crippen MR) is 96.4 cm³/mol. The van der Waals surface area contributed by atoms with Crippen molar-refractivity contribution in [2.75, 3.05) is 0 Å². The topological polar surface area (TPSA) is 36.3 Å². The van der Waals surface area contributed by atoms with Crippen molar-refractivity contribution in [3.05, 3.63) is 53.1 Å². The molecule has 3 atom stereocenters. The molecule has 1 spiro atoms. The smallest absolute Gasteiger partial charge is 0.178 e. The van der Waals surface area contributed by atoms with Crippen LogP contribution in [0.4, 0.5) is 4.39 Å². The molecule has 1 aromatic carbocycles. The van der Waals surface area contributed by atoms with Crippen LogP contribution in [0.3, 0.4) is 0 Å². The van der Waals surface area contributed by atoms with Gasteiger partial charge in [-0.3, -0.25) is 0 Å². The number of benzene rings is 1. The van der Waals surface area contributed by atoms with Crippen molar-refractivity contribution in [3.8, 4) is 5.69 Å². The number of hydrogen-bond donors (Lipinski definition) is 0. The third kappa shape index (κ3) is 2.04. The molecule has 2 aromatic rings. The maximum absolute atomic E-state index is 13.3. The Morgan fingerprint density at radius 2 is 1.85 bits per heavy atom. The molecule has 0 amide bonds. The first-order chi connectivity index (χ1) is 12.4. The van der Waals surface area contributed by atoms with Gasteiger partial charge >= 0.3 is 0 Å². The highest BCUT2D eigenvalue weighted by Crippen LogP contribution is 2.60. The normalized spacial score (nSPS) is 31.8. The molecule has 1 aliphatic heterocycles. The number of rotatable bonds is 1. The van der Waals surface area contributed by atoms with E-state index < -0.39 is 5.79 Å². The summed E-state index contributed by atoms with van der Waals surface area (Å²) in [7, 11) is 0. The molecule has 1 saturated carbocycles. The number of fused-ring (bicyclic) bond motifs is 3. The highest BCUT2D eigenvalue weighted by molar-refractivity contribution is 5.62. The molecule has 0 unspecified atom stereocenters. The first-order valence-electron chi connectivity index (χ1n) is 9.31. The van der Waals surface area contributed by atoms with Crippen LogP contribution in [0.15, 0.2) is 36.0 Å². The van der Waals surface area contributed by atoms with E-state index >= 15 is 0 Å². The Labute approximate surface area is 152 Å². The molecule has 2 fully saturated rings. The predicted octanol–water partition coefficient (Wildman–Crippen LogP) is 4.27. The van der Waals surface area contributed by atoms with Gasteiger partial charge in [-0.05, 0) is 62.6 Å². The Kier molecular flexibility index (Phi) is 3.29. The fraction of sp³-hybridized carbons (Fsp3) is 0.476. The molecule has 3 aliphatic rings. The number of nitrogens with zero attached hydrogens (tertiary/aromatic N) is 2. The quantitative estimate of drug-likeness (QED) is 0.767. The maximum Gasteiger partial charge on any atom is 0.178 e. The lowest BCUT2D eigenvalue weighted by Gasteiger charge is -2.42. The fourth-order valence-corrected chi connectivity index (χ4v) is 4.79. The third-order valence-electron chi connectivity index (χ3n) is 6.50. The Balaban J connectivity index is 1.57. The molecule has 0 radical (unpaired) electrons. The van der Waals surface area contributed by atoms with E-state index in [1.807, 2.05) is 10.9 Å². The lowest BCUT2D eigenvalue weighted by Crippen LogP contribution is -2.46. The van der Waals surface area contributed by atoms with Gasteiger partial charge in [0, 0.05) is 11.8 Å².